The van der Waals surface area contributed by atoms with Gasteiger partial charge in [0.1, 0.15) is 18.4 Å². The van der Waals surface area contributed by atoms with Gasteiger partial charge in [0.05, 0.1) is 11.1 Å². The molecular weight excluding hydrogens is 414 g/mol. The molecule has 33 heavy (non-hydrogen) atoms. The van der Waals surface area contributed by atoms with E-state index in [1.807, 2.05) is 24.3 Å². The van der Waals surface area contributed by atoms with Crippen molar-refractivity contribution in [2.75, 3.05) is 6.61 Å². The van der Waals surface area contributed by atoms with Crippen molar-refractivity contribution >= 4 is 6.02 Å². The van der Waals surface area contributed by atoms with Gasteiger partial charge in [0, 0.05) is 40.7 Å². The summed E-state index contributed by atoms with van der Waals surface area (Å²) in [6.45, 7) is 6.39. The summed E-state index contributed by atoms with van der Waals surface area (Å²) in [4.78, 5) is 13.4. The SMILES string of the molecule is CC(C)(C)C#Cc1cnc2c(c1)C1(COC(N)=N1)c1cc(-c3cncc(C#N)c3)ccc1O2. The average Bonchev–Trinajstić information content (AvgIpc) is 3.19. The van der Waals surface area contributed by atoms with Crippen molar-refractivity contribution in [3.8, 4) is 40.7 Å². The number of pyridine rings is 2. The molecule has 7 nitrogen and oxygen atoms in total. The number of rotatable bonds is 1. The summed E-state index contributed by atoms with van der Waals surface area (Å²) in [6.07, 6.45) is 4.95. The van der Waals surface area contributed by atoms with Crippen LogP contribution in [0.2, 0.25) is 0 Å². The van der Waals surface area contributed by atoms with Crippen molar-refractivity contribution in [2.45, 2.75) is 26.3 Å². The van der Waals surface area contributed by atoms with E-state index >= 15 is 0 Å². The highest BCUT2D eigenvalue weighted by Crippen LogP contribution is 2.51. The Balaban J connectivity index is 1.68. The first-order chi connectivity index (χ1) is 15.8. The lowest BCUT2D eigenvalue weighted by molar-refractivity contribution is 0.262. The molecule has 1 unspecified atom stereocenters. The number of nitriles is 1. The third-order valence-corrected chi connectivity index (χ3v) is 5.44. The molecule has 5 rings (SSSR count). The molecular formula is C26H21N5O2. The predicted octanol–water partition coefficient (Wildman–Crippen LogP) is 4.11. The van der Waals surface area contributed by atoms with Gasteiger partial charge in [-0.05, 0) is 50.6 Å². The maximum Gasteiger partial charge on any atom is 0.283 e. The summed E-state index contributed by atoms with van der Waals surface area (Å²) in [7, 11) is 0. The van der Waals surface area contributed by atoms with E-state index in [2.05, 4.69) is 48.6 Å². The minimum atomic E-state index is -0.907. The normalized spacial score (nSPS) is 18.1. The van der Waals surface area contributed by atoms with Crippen LogP contribution in [0.1, 0.15) is 43.0 Å². The lowest BCUT2D eigenvalue weighted by atomic mass is 9.81. The first-order valence-electron chi connectivity index (χ1n) is 10.5. The summed E-state index contributed by atoms with van der Waals surface area (Å²) in [5, 5.41) is 9.25. The summed E-state index contributed by atoms with van der Waals surface area (Å²) in [5.74, 6) is 7.51. The van der Waals surface area contributed by atoms with E-state index in [0.717, 1.165) is 27.8 Å². The van der Waals surface area contributed by atoms with Gasteiger partial charge in [-0.25, -0.2) is 9.98 Å². The largest absolute Gasteiger partial charge is 0.462 e. The molecule has 0 aliphatic carbocycles. The molecule has 1 aromatic carbocycles. The van der Waals surface area contributed by atoms with E-state index < -0.39 is 5.54 Å². The minimum absolute atomic E-state index is 0.110. The topological polar surface area (TPSA) is 106 Å². The number of hydrogen-bond donors (Lipinski definition) is 1. The Morgan fingerprint density at radius 3 is 2.61 bits per heavy atom. The number of fused-ring (bicyclic) bond motifs is 4. The maximum atomic E-state index is 9.25. The van der Waals surface area contributed by atoms with Crippen molar-refractivity contribution in [1.82, 2.24) is 9.97 Å². The van der Waals surface area contributed by atoms with Crippen LogP contribution in [0.25, 0.3) is 11.1 Å². The van der Waals surface area contributed by atoms with Crippen LogP contribution in [-0.2, 0) is 10.3 Å². The molecule has 7 heteroatoms. The van der Waals surface area contributed by atoms with Gasteiger partial charge in [-0.3, -0.25) is 4.98 Å². The first kappa shape index (κ1) is 20.5. The van der Waals surface area contributed by atoms with Crippen LogP contribution in [0.3, 0.4) is 0 Å². The lowest BCUT2D eigenvalue weighted by Crippen LogP contribution is -2.31. The number of nitrogens with two attached hydrogens (primary N) is 1. The van der Waals surface area contributed by atoms with Gasteiger partial charge in [-0.2, -0.15) is 5.26 Å². The van der Waals surface area contributed by atoms with Crippen molar-refractivity contribution in [2.24, 2.45) is 16.1 Å². The van der Waals surface area contributed by atoms with Crippen molar-refractivity contribution < 1.29 is 9.47 Å². The Morgan fingerprint density at radius 2 is 1.88 bits per heavy atom. The predicted molar refractivity (Wildman–Crippen MR) is 123 cm³/mol. The molecule has 2 aromatic heterocycles. The zero-order valence-corrected chi connectivity index (χ0v) is 18.5. The molecule has 2 aliphatic heterocycles. The van der Waals surface area contributed by atoms with Crippen molar-refractivity contribution in [3.05, 3.63) is 71.2 Å². The Morgan fingerprint density at radius 1 is 1.03 bits per heavy atom. The van der Waals surface area contributed by atoms with Crippen LogP contribution >= 0.6 is 0 Å². The van der Waals surface area contributed by atoms with Crippen LogP contribution in [-0.4, -0.2) is 22.6 Å². The maximum absolute atomic E-state index is 9.25. The molecule has 4 heterocycles. The Bertz CT molecular complexity index is 1420. The second-order valence-corrected chi connectivity index (χ2v) is 9.06. The number of nitrogens with zero attached hydrogens (tertiary/aromatic N) is 4. The third-order valence-electron chi connectivity index (χ3n) is 5.44. The zero-order chi connectivity index (χ0) is 23.2. The highest BCUT2D eigenvalue weighted by molar-refractivity contribution is 5.77. The number of aromatic nitrogens is 2. The highest BCUT2D eigenvalue weighted by Gasteiger charge is 2.47. The summed E-state index contributed by atoms with van der Waals surface area (Å²) >= 11 is 0. The van der Waals surface area contributed by atoms with Crippen LogP contribution < -0.4 is 10.5 Å². The van der Waals surface area contributed by atoms with Gasteiger partial charge in [0.15, 0.2) is 5.54 Å². The number of amidine groups is 1. The monoisotopic (exact) mass is 435 g/mol. The van der Waals surface area contributed by atoms with E-state index in [1.54, 1.807) is 18.5 Å². The van der Waals surface area contributed by atoms with Crippen LogP contribution in [0, 0.1) is 28.6 Å². The second kappa shape index (κ2) is 7.36. The van der Waals surface area contributed by atoms with E-state index in [1.165, 1.54) is 6.20 Å². The number of benzene rings is 1. The van der Waals surface area contributed by atoms with Gasteiger partial charge in [0.2, 0.25) is 5.88 Å². The number of aliphatic imine (C=N–C) groups is 1. The minimum Gasteiger partial charge on any atom is -0.462 e. The average molecular weight is 435 g/mol. The second-order valence-electron chi connectivity index (χ2n) is 9.06. The van der Waals surface area contributed by atoms with E-state index in [-0.39, 0.29) is 18.0 Å². The van der Waals surface area contributed by atoms with Crippen LogP contribution in [0.5, 0.6) is 11.6 Å². The molecule has 0 saturated heterocycles. The molecule has 162 valence electrons. The fraction of sp³-hybridized carbons (Fsp3) is 0.231. The van der Waals surface area contributed by atoms with Crippen molar-refractivity contribution in [3.63, 3.8) is 0 Å². The van der Waals surface area contributed by atoms with Gasteiger partial charge in [0.25, 0.3) is 6.02 Å². The van der Waals surface area contributed by atoms with Crippen LogP contribution in [0.15, 0.2) is 53.9 Å². The van der Waals surface area contributed by atoms with Gasteiger partial charge >= 0.3 is 0 Å². The first-order valence-corrected chi connectivity index (χ1v) is 10.5. The fourth-order valence-electron chi connectivity index (χ4n) is 3.89. The Labute approximate surface area is 191 Å². The molecule has 0 bridgehead atoms. The molecule has 2 aliphatic rings. The third kappa shape index (κ3) is 3.64. The van der Waals surface area contributed by atoms with Crippen LogP contribution in [0.4, 0.5) is 0 Å². The summed E-state index contributed by atoms with van der Waals surface area (Å²) in [5.41, 5.74) is 9.43. The zero-order valence-electron chi connectivity index (χ0n) is 18.5. The van der Waals surface area contributed by atoms with Gasteiger partial charge < -0.3 is 15.2 Å². The summed E-state index contributed by atoms with van der Waals surface area (Å²) in [6, 6.07) is 11.7. The van der Waals surface area contributed by atoms with E-state index in [4.69, 9.17) is 20.2 Å². The Hall–Kier alpha value is -4.36. The molecule has 2 N–H and O–H groups in total. The van der Waals surface area contributed by atoms with Gasteiger partial charge in [-0.15, -0.1) is 0 Å². The molecule has 1 atom stereocenters. The standard InChI is InChI=1S/C26H21N5O2/c1-25(2,3)7-6-16-9-21-23(30-13-16)33-22-5-4-18(19-8-17(11-27)12-29-14-19)10-20(22)26(21)15-32-24(28)31-26/h4-5,8-10,12-14H,15H2,1-3H3,(H2,28,31). The van der Waals surface area contributed by atoms with E-state index in [0.29, 0.717) is 17.2 Å². The number of hydrogen-bond acceptors (Lipinski definition) is 7. The highest BCUT2D eigenvalue weighted by atomic mass is 16.5. The molecule has 0 amide bonds. The van der Waals surface area contributed by atoms with Crippen molar-refractivity contribution in [1.29, 1.82) is 5.26 Å². The van der Waals surface area contributed by atoms with Gasteiger partial charge in [-0.1, -0.05) is 17.9 Å². The molecule has 0 fully saturated rings. The smallest absolute Gasteiger partial charge is 0.283 e. The lowest BCUT2D eigenvalue weighted by Gasteiger charge is -2.33. The molecule has 1 spiro atoms. The van der Waals surface area contributed by atoms with E-state index in [9.17, 15) is 5.26 Å². The quantitative estimate of drug-likeness (QED) is 0.577. The molecule has 0 saturated carbocycles. The Kier molecular flexibility index (Phi) is 4.58. The molecule has 3 aromatic rings. The molecule has 0 radical (unpaired) electrons. The summed E-state index contributed by atoms with van der Waals surface area (Å²) < 4.78 is 11.8. The number of ether oxygens (including phenoxy) is 2. The fourth-order valence-corrected chi connectivity index (χ4v) is 3.89.